The van der Waals surface area contributed by atoms with Crippen LogP contribution in [0.4, 0.5) is 5.82 Å². The van der Waals surface area contributed by atoms with Crippen LogP contribution in [0.5, 0.6) is 0 Å². The predicted octanol–water partition coefficient (Wildman–Crippen LogP) is 0.920. The third-order valence-corrected chi connectivity index (χ3v) is 5.77. The number of hydrogen-bond donors (Lipinski definition) is 1. The van der Waals surface area contributed by atoms with Crippen molar-refractivity contribution >= 4 is 39.2 Å². The van der Waals surface area contributed by atoms with E-state index >= 15 is 0 Å². The van der Waals surface area contributed by atoms with E-state index in [4.69, 9.17) is 11.6 Å². The lowest BCUT2D eigenvalue weighted by atomic mass is 10.5. The van der Waals surface area contributed by atoms with Gasteiger partial charge in [0.25, 0.3) is 0 Å². The topological polar surface area (TPSA) is 75.2 Å². The number of nitrogens with zero attached hydrogens (tertiary/aromatic N) is 3. The maximum absolute atomic E-state index is 12.1. The molecule has 1 aromatic heterocycles. The van der Waals surface area contributed by atoms with Gasteiger partial charge in [0.15, 0.2) is 0 Å². The van der Waals surface area contributed by atoms with E-state index < -0.39 is 10.0 Å². The normalized spacial score (nSPS) is 17.3. The van der Waals surface area contributed by atoms with E-state index in [-0.39, 0.29) is 12.3 Å². The summed E-state index contributed by atoms with van der Waals surface area (Å²) < 4.78 is 25.7. The van der Waals surface area contributed by atoms with Crippen molar-refractivity contribution in [3.63, 3.8) is 0 Å². The Balaban J connectivity index is 1.86. The van der Waals surface area contributed by atoms with Crippen LogP contribution >= 0.6 is 23.4 Å². The highest BCUT2D eigenvalue weighted by Gasteiger charge is 2.23. The van der Waals surface area contributed by atoms with Gasteiger partial charge in [-0.2, -0.15) is 11.8 Å². The SMILES string of the molecule is O=S(=O)(CCNc1ncncc1Cl)N1CCSCC1. The first-order valence-electron chi connectivity index (χ1n) is 5.84. The zero-order chi connectivity index (χ0) is 13.7. The molecule has 0 bridgehead atoms. The van der Waals surface area contributed by atoms with Crippen molar-refractivity contribution in [2.24, 2.45) is 0 Å². The molecule has 0 atom stereocenters. The van der Waals surface area contributed by atoms with E-state index in [1.807, 2.05) is 0 Å². The Morgan fingerprint density at radius 2 is 2.16 bits per heavy atom. The number of anilines is 1. The Labute approximate surface area is 122 Å². The number of nitrogens with one attached hydrogen (secondary N) is 1. The van der Waals surface area contributed by atoms with Gasteiger partial charge in [-0.05, 0) is 0 Å². The number of aromatic nitrogens is 2. The van der Waals surface area contributed by atoms with Gasteiger partial charge in [-0.25, -0.2) is 22.7 Å². The van der Waals surface area contributed by atoms with Crippen LogP contribution in [0.15, 0.2) is 12.5 Å². The molecule has 1 fully saturated rings. The van der Waals surface area contributed by atoms with Gasteiger partial charge >= 0.3 is 0 Å². The Bertz CT molecular complexity index is 520. The average Bonchev–Trinajstić information content (AvgIpc) is 2.42. The summed E-state index contributed by atoms with van der Waals surface area (Å²) in [6.07, 6.45) is 2.83. The van der Waals surface area contributed by atoms with E-state index in [1.54, 1.807) is 16.1 Å². The highest BCUT2D eigenvalue weighted by Crippen LogP contribution is 2.16. The maximum atomic E-state index is 12.1. The smallest absolute Gasteiger partial charge is 0.215 e. The highest BCUT2D eigenvalue weighted by atomic mass is 35.5. The van der Waals surface area contributed by atoms with Crippen LogP contribution in [0.2, 0.25) is 5.02 Å². The van der Waals surface area contributed by atoms with Crippen molar-refractivity contribution in [1.29, 1.82) is 0 Å². The Morgan fingerprint density at radius 3 is 2.84 bits per heavy atom. The molecule has 2 heterocycles. The Kier molecular flexibility index (Phi) is 5.26. The minimum atomic E-state index is -3.20. The van der Waals surface area contributed by atoms with E-state index in [2.05, 4.69) is 15.3 Å². The molecular weight excluding hydrogens is 308 g/mol. The van der Waals surface area contributed by atoms with Crippen LogP contribution in [-0.4, -0.2) is 59.6 Å². The molecule has 0 unspecified atom stereocenters. The van der Waals surface area contributed by atoms with Crippen LogP contribution in [-0.2, 0) is 10.0 Å². The monoisotopic (exact) mass is 322 g/mol. The van der Waals surface area contributed by atoms with Crippen molar-refractivity contribution < 1.29 is 8.42 Å². The van der Waals surface area contributed by atoms with E-state index in [0.29, 0.717) is 23.9 Å². The maximum Gasteiger partial charge on any atom is 0.215 e. The van der Waals surface area contributed by atoms with Gasteiger partial charge in [-0.3, -0.25) is 0 Å². The molecule has 0 radical (unpaired) electrons. The van der Waals surface area contributed by atoms with Crippen molar-refractivity contribution in [1.82, 2.24) is 14.3 Å². The molecule has 0 aromatic carbocycles. The van der Waals surface area contributed by atoms with E-state index in [1.165, 1.54) is 12.5 Å². The number of rotatable bonds is 5. The fraction of sp³-hybridized carbons (Fsp3) is 0.600. The molecule has 0 amide bonds. The predicted molar refractivity (Wildman–Crippen MR) is 78.2 cm³/mol. The van der Waals surface area contributed by atoms with Gasteiger partial charge in [0, 0.05) is 31.1 Å². The fourth-order valence-corrected chi connectivity index (χ4v) is 4.36. The second-order valence-corrected chi connectivity index (χ2v) is 7.69. The van der Waals surface area contributed by atoms with E-state index in [0.717, 1.165) is 11.5 Å². The summed E-state index contributed by atoms with van der Waals surface area (Å²) in [5, 5.41) is 3.30. The first-order valence-corrected chi connectivity index (χ1v) is 8.99. The molecule has 1 N–H and O–H groups in total. The lowest BCUT2D eigenvalue weighted by Gasteiger charge is -2.25. The number of hydrogen-bond acceptors (Lipinski definition) is 6. The summed E-state index contributed by atoms with van der Waals surface area (Å²) in [7, 11) is -3.20. The van der Waals surface area contributed by atoms with E-state index in [9.17, 15) is 8.42 Å². The van der Waals surface area contributed by atoms with Crippen molar-refractivity contribution in [2.45, 2.75) is 0 Å². The molecule has 1 aromatic rings. The second-order valence-electron chi connectivity index (χ2n) is 3.97. The lowest BCUT2D eigenvalue weighted by molar-refractivity contribution is 0.444. The summed E-state index contributed by atoms with van der Waals surface area (Å²) in [5.41, 5.74) is 0. The first-order chi connectivity index (χ1) is 9.09. The summed E-state index contributed by atoms with van der Waals surface area (Å²) in [6, 6.07) is 0. The highest BCUT2D eigenvalue weighted by molar-refractivity contribution is 7.99. The van der Waals surface area contributed by atoms with Gasteiger partial charge in [-0.1, -0.05) is 11.6 Å². The van der Waals surface area contributed by atoms with Crippen molar-refractivity contribution in [3.05, 3.63) is 17.5 Å². The summed E-state index contributed by atoms with van der Waals surface area (Å²) in [6.45, 7) is 1.48. The molecule has 1 saturated heterocycles. The quantitative estimate of drug-likeness (QED) is 0.869. The van der Waals surface area contributed by atoms with Crippen molar-refractivity contribution in [2.75, 3.05) is 42.2 Å². The Hall–Kier alpha value is -0.570. The van der Waals surface area contributed by atoms with Crippen LogP contribution < -0.4 is 5.32 Å². The van der Waals surface area contributed by atoms with Gasteiger partial charge in [0.05, 0.1) is 11.9 Å². The molecule has 106 valence electrons. The standard InChI is InChI=1S/C10H15ClN4O2S2/c11-9-7-12-8-14-10(9)13-1-6-19(16,17)15-2-4-18-5-3-15/h7-8H,1-6H2,(H,12,13,14). The molecule has 2 rings (SSSR count). The molecule has 1 aliphatic heterocycles. The molecule has 19 heavy (non-hydrogen) atoms. The first kappa shape index (κ1) is 14.8. The molecule has 0 aliphatic carbocycles. The Morgan fingerprint density at radius 1 is 1.42 bits per heavy atom. The average molecular weight is 323 g/mol. The number of halogens is 1. The van der Waals surface area contributed by atoms with Gasteiger partial charge in [-0.15, -0.1) is 0 Å². The molecule has 1 aliphatic rings. The number of thioether (sulfide) groups is 1. The van der Waals surface area contributed by atoms with Crippen LogP contribution in [0.3, 0.4) is 0 Å². The van der Waals surface area contributed by atoms with Gasteiger partial charge < -0.3 is 5.32 Å². The van der Waals surface area contributed by atoms with Crippen LogP contribution in [0, 0.1) is 0 Å². The van der Waals surface area contributed by atoms with Gasteiger partial charge in [0.2, 0.25) is 10.0 Å². The summed E-state index contributed by atoms with van der Waals surface area (Å²) >= 11 is 7.65. The summed E-state index contributed by atoms with van der Waals surface area (Å²) in [5.74, 6) is 2.23. The zero-order valence-electron chi connectivity index (χ0n) is 10.2. The second kappa shape index (κ2) is 6.74. The molecule has 0 saturated carbocycles. The van der Waals surface area contributed by atoms with Crippen LogP contribution in [0.25, 0.3) is 0 Å². The third kappa shape index (κ3) is 4.20. The summed E-state index contributed by atoms with van der Waals surface area (Å²) in [4.78, 5) is 7.71. The van der Waals surface area contributed by atoms with Crippen LogP contribution in [0.1, 0.15) is 0 Å². The molecule has 6 nitrogen and oxygen atoms in total. The molecular formula is C10H15ClN4O2S2. The van der Waals surface area contributed by atoms with Crippen molar-refractivity contribution in [3.8, 4) is 0 Å². The minimum Gasteiger partial charge on any atom is -0.368 e. The third-order valence-electron chi connectivity index (χ3n) is 2.68. The molecule has 9 heteroatoms. The molecule has 0 spiro atoms. The fourth-order valence-electron chi connectivity index (χ4n) is 1.70. The number of sulfonamides is 1. The largest absolute Gasteiger partial charge is 0.368 e. The minimum absolute atomic E-state index is 0.0397. The lowest BCUT2D eigenvalue weighted by Crippen LogP contribution is -2.40. The zero-order valence-corrected chi connectivity index (χ0v) is 12.6. The van der Waals surface area contributed by atoms with Gasteiger partial charge in [0.1, 0.15) is 17.2 Å².